The summed E-state index contributed by atoms with van der Waals surface area (Å²) >= 11 is 0. The summed E-state index contributed by atoms with van der Waals surface area (Å²) < 4.78 is 45.3. The number of ether oxygens (including phenoxy) is 7. The summed E-state index contributed by atoms with van der Waals surface area (Å²) in [6.45, 7) is -0.843. The molecular weight excluding hydrogens is 760 g/mol. The number of hydrogen-bond donors (Lipinski definition) is 13. The zero-order valence-electron chi connectivity index (χ0n) is 29.1. The highest BCUT2D eigenvalue weighted by Crippen LogP contribution is 2.46. The lowest BCUT2D eigenvalue weighted by Gasteiger charge is -2.44. The Hall–Kier alpha value is -4.40. The molecule has 3 fully saturated rings. The van der Waals surface area contributed by atoms with Crippen LogP contribution >= 0.6 is 0 Å². The average Bonchev–Trinajstić information content (AvgIpc) is 3.15. The van der Waals surface area contributed by atoms with Crippen LogP contribution in [0.25, 0.3) is 22.3 Å². The molecule has 0 amide bonds. The van der Waals surface area contributed by atoms with Crippen LogP contribution in [0, 0.1) is 0 Å². The fourth-order valence-electron chi connectivity index (χ4n) is 6.24. The molecule has 14 atom stereocenters. The SMILES string of the molecule is CC(=O)OCC1OC(Oc2cc(O)cc3[o+]c(-c4cc(O)c(O)c(O)c4)c(OC4OC(CO)C(O)C(O)C4OC4OCC(O)C(O)C4O)cc23)C(O)C(O)C1O. The third-order valence-corrected chi connectivity index (χ3v) is 9.31. The van der Waals surface area contributed by atoms with E-state index in [-0.39, 0.29) is 28.0 Å². The second-order valence-corrected chi connectivity index (χ2v) is 13.3. The number of aliphatic hydroxyl groups excluding tert-OH is 9. The van der Waals surface area contributed by atoms with E-state index in [9.17, 15) is 71.2 Å². The molecule has 0 saturated carbocycles. The standard InChI is InChI=1S/C34H40O22/c1-10(36)49-9-21-25(44)26(45)29(48)33(55-21)52-18-5-12(37)4-17-13(18)6-19(30(51-17)11-2-14(38)22(41)15(39)3-11)53-34-31(27(46)24(43)20(7-35)54-34)56-32-28(47)23(42)16(40)8-50-32/h2-6,16,20-21,23-29,31-35,40,42-48H,7-9H2,1H3,(H3-,37,38,39,41)/p+1. The van der Waals surface area contributed by atoms with Gasteiger partial charge in [0.2, 0.25) is 18.3 Å². The summed E-state index contributed by atoms with van der Waals surface area (Å²) in [5, 5.41) is 135. The fraction of sp³-hybridized carbons (Fsp3) is 0.529. The minimum atomic E-state index is -1.95. The van der Waals surface area contributed by atoms with E-state index in [1.807, 2.05) is 0 Å². The molecule has 22 nitrogen and oxygen atoms in total. The lowest BCUT2D eigenvalue weighted by molar-refractivity contribution is -0.344. The Labute approximate surface area is 314 Å². The highest BCUT2D eigenvalue weighted by molar-refractivity contribution is 5.89. The molecule has 14 unspecified atom stereocenters. The first-order valence-electron chi connectivity index (χ1n) is 17.0. The van der Waals surface area contributed by atoms with E-state index in [2.05, 4.69) is 0 Å². The third-order valence-electron chi connectivity index (χ3n) is 9.31. The first kappa shape index (κ1) is 41.2. The third kappa shape index (κ3) is 8.19. The molecule has 22 heteroatoms. The highest BCUT2D eigenvalue weighted by atomic mass is 16.8. The van der Waals surface area contributed by atoms with Crippen LogP contribution in [0.2, 0.25) is 0 Å². The van der Waals surface area contributed by atoms with Crippen molar-refractivity contribution in [3.05, 3.63) is 30.3 Å². The number of phenols is 4. The fourth-order valence-corrected chi connectivity index (χ4v) is 6.24. The molecule has 6 rings (SSSR count). The van der Waals surface area contributed by atoms with E-state index >= 15 is 0 Å². The first-order chi connectivity index (χ1) is 26.5. The Morgan fingerprint density at radius 1 is 0.732 bits per heavy atom. The predicted octanol–water partition coefficient (Wildman–Crippen LogP) is -3.41. The topological polar surface area (TPSA) is 356 Å². The van der Waals surface area contributed by atoms with Crippen LogP contribution in [-0.4, -0.2) is 178 Å². The van der Waals surface area contributed by atoms with Gasteiger partial charge in [-0.15, -0.1) is 0 Å². The quantitative estimate of drug-likeness (QED) is 0.0539. The van der Waals surface area contributed by atoms with Gasteiger partial charge in [0.25, 0.3) is 0 Å². The Balaban J connectivity index is 1.44. The molecule has 308 valence electrons. The van der Waals surface area contributed by atoms with Gasteiger partial charge in [-0.1, -0.05) is 0 Å². The molecule has 13 N–H and O–H groups in total. The van der Waals surface area contributed by atoms with Crippen LogP contribution in [0.5, 0.6) is 34.5 Å². The number of rotatable bonds is 10. The summed E-state index contributed by atoms with van der Waals surface area (Å²) in [7, 11) is 0. The van der Waals surface area contributed by atoms with Crippen molar-refractivity contribution in [1.82, 2.24) is 0 Å². The van der Waals surface area contributed by atoms with E-state index in [0.29, 0.717) is 0 Å². The van der Waals surface area contributed by atoms with Gasteiger partial charge in [0.15, 0.2) is 29.6 Å². The van der Waals surface area contributed by atoms with Gasteiger partial charge < -0.3 is 99.5 Å². The van der Waals surface area contributed by atoms with Crippen molar-refractivity contribution in [2.24, 2.45) is 0 Å². The van der Waals surface area contributed by atoms with Crippen LogP contribution in [0.15, 0.2) is 34.7 Å². The number of esters is 1. The van der Waals surface area contributed by atoms with E-state index in [0.717, 1.165) is 31.2 Å². The lowest BCUT2D eigenvalue weighted by atomic mass is 9.98. The molecule has 3 saturated heterocycles. The van der Waals surface area contributed by atoms with Gasteiger partial charge in [-0.05, 0) is 0 Å². The van der Waals surface area contributed by atoms with E-state index in [4.69, 9.17) is 37.6 Å². The average molecular weight is 802 g/mol. The molecular formula is C34H41O22+. The minimum absolute atomic E-state index is 0.0996. The summed E-state index contributed by atoms with van der Waals surface area (Å²) in [5.74, 6) is -4.93. The number of fused-ring (bicyclic) bond motifs is 1. The Kier molecular flexibility index (Phi) is 12.2. The van der Waals surface area contributed by atoms with E-state index in [1.54, 1.807) is 0 Å². The number of aliphatic hydroxyl groups is 9. The van der Waals surface area contributed by atoms with Gasteiger partial charge in [0.05, 0.1) is 24.8 Å². The van der Waals surface area contributed by atoms with Gasteiger partial charge in [0.1, 0.15) is 84.5 Å². The number of benzene rings is 2. The van der Waals surface area contributed by atoms with Gasteiger partial charge in [-0.3, -0.25) is 4.79 Å². The number of carbonyl (C=O) groups excluding carboxylic acids is 1. The van der Waals surface area contributed by atoms with E-state index < -0.39 is 141 Å². The summed E-state index contributed by atoms with van der Waals surface area (Å²) in [6, 6.07) is 5.17. The molecule has 0 aliphatic carbocycles. The maximum atomic E-state index is 11.4. The number of hydrogen-bond acceptors (Lipinski definition) is 21. The number of aromatic hydroxyl groups is 4. The second kappa shape index (κ2) is 16.6. The van der Waals surface area contributed by atoms with Gasteiger partial charge in [-0.25, -0.2) is 4.42 Å². The van der Waals surface area contributed by atoms with Gasteiger partial charge in [0, 0.05) is 31.2 Å². The summed E-state index contributed by atoms with van der Waals surface area (Å²) in [4.78, 5) is 11.4. The summed E-state index contributed by atoms with van der Waals surface area (Å²) in [5.41, 5.74) is -0.406. The molecule has 3 aliphatic heterocycles. The zero-order valence-corrected chi connectivity index (χ0v) is 29.1. The van der Waals surface area contributed by atoms with Crippen molar-refractivity contribution in [2.45, 2.75) is 92.9 Å². The van der Waals surface area contributed by atoms with Crippen LogP contribution < -0.4 is 9.47 Å². The van der Waals surface area contributed by atoms with Crippen LogP contribution in [-0.2, 0) is 28.5 Å². The molecule has 3 aromatic rings. The number of phenolic OH excluding ortho intramolecular Hbond substituents is 4. The smallest absolute Gasteiger partial charge is 0.402 e. The maximum Gasteiger partial charge on any atom is 0.402 e. The molecule has 0 spiro atoms. The number of carbonyl (C=O) groups is 1. The molecule has 56 heavy (non-hydrogen) atoms. The largest absolute Gasteiger partial charge is 0.507 e. The predicted molar refractivity (Wildman–Crippen MR) is 178 cm³/mol. The minimum Gasteiger partial charge on any atom is -0.507 e. The van der Waals surface area contributed by atoms with Crippen LogP contribution in [0.1, 0.15) is 6.92 Å². The van der Waals surface area contributed by atoms with Crippen LogP contribution in [0.3, 0.4) is 0 Å². The van der Waals surface area contributed by atoms with Crippen molar-refractivity contribution in [3.8, 4) is 45.8 Å². The highest BCUT2D eigenvalue weighted by Gasteiger charge is 2.51. The van der Waals surface area contributed by atoms with Gasteiger partial charge >= 0.3 is 17.3 Å². The molecule has 2 aromatic carbocycles. The summed E-state index contributed by atoms with van der Waals surface area (Å²) in [6.07, 6.45) is -24.6. The first-order valence-corrected chi connectivity index (χ1v) is 17.0. The normalized spacial score (nSPS) is 34.9. The van der Waals surface area contributed by atoms with Crippen molar-refractivity contribution in [2.75, 3.05) is 19.8 Å². The maximum absolute atomic E-state index is 11.4. The Morgan fingerprint density at radius 3 is 2.02 bits per heavy atom. The molecule has 3 aliphatic rings. The lowest BCUT2D eigenvalue weighted by Crippen LogP contribution is -2.63. The molecule has 4 heterocycles. The van der Waals surface area contributed by atoms with Crippen molar-refractivity contribution < 1.29 is 109 Å². The van der Waals surface area contributed by atoms with Crippen molar-refractivity contribution in [3.63, 3.8) is 0 Å². The zero-order chi connectivity index (χ0) is 40.7. The second-order valence-electron chi connectivity index (χ2n) is 13.3. The molecule has 1 aromatic heterocycles. The molecule has 0 bridgehead atoms. The monoisotopic (exact) mass is 801 g/mol. The van der Waals surface area contributed by atoms with Crippen LogP contribution in [0.4, 0.5) is 0 Å². The van der Waals surface area contributed by atoms with Crippen molar-refractivity contribution in [1.29, 1.82) is 0 Å². The Bertz CT molecular complexity index is 1850. The van der Waals surface area contributed by atoms with E-state index in [1.165, 1.54) is 6.07 Å². The Morgan fingerprint density at radius 2 is 1.36 bits per heavy atom. The van der Waals surface area contributed by atoms with Crippen molar-refractivity contribution >= 4 is 16.9 Å². The van der Waals surface area contributed by atoms with Gasteiger partial charge in [-0.2, -0.15) is 0 Å². The molecule has 0 radical (unpaired) electrons.